The van der Waals surface area contributed by atoms with Gasteiger partial charge in [-0.15, -0.1) is 0 Å². The molecule has 0 heterocycles. The van der Waals surface area contributed by atoms with E-state index in [2.05, 4.69) is 5.32 Å². The third-order valence-electron chi connectivity index (χ3n) is 2.93. The average Bonchev–Trinajstić information content (AvgIpc) is 2.52. The van der Waals surface area contributed by atoms with E-state index < -0.39 is 0 Å². The maximum Gasteiger partial charge on any atom is 0.253 e. The van der Waals surface area contributed by atoms with Crippen LogP contribution in [0.2, 0.25) is 0 Å². The number of rotatable bonds is 6. The van der Waals surface area contributed by atoms with Crippen LogP contribution in [0.25, 0.3) is 0 Å². The van der Waals surface area contributed by atoms with Crippen LogP contribution in [0.15, 0.2) is 48.5 Å². The lowest BCUT2D eigenvalue weighted by atomic mass is 10.1. The van der Waals surface area contributed by atoms with Crippen molar-refractivity contribution in [3.05, 3.63) is 54.1 Å². The van der Waals surface area contributed by atoms with Crippen LogP contribution >= 0.6 is 0 Å². The molecule has 5 heteroatoms. The predicted octanol–water partition coefficient (Wildman–Crippen LogP) is 2.09. The average molecular weight is 286 g/mol. The van der Waals surface area contributed by atoms with Crippen molar-refractivity contribution in [3.63, 3.8) is 0 Å². The summed E-state index contributed by atoms with van der Waals surface area (Å²) in [6, 6.07) is 14.5. The van der Waals surface area contributed by atoms with Crippen LogP contribution in [0, 0.1) is 0 Å². The molecule has 1 amide bonds. The fourth-order valence-electron chi connectivity index (χ4n) is 1.87. The molecule has 0 unspecified atom stereocenters. The van der Waals surface area contributed by atoms with Crippen LogP contribution in [0.1, 0.15) is 10.4 Å². The molecule has 2 aromatic rings. The summed E-state index contributed by atoms with van der Waals surface area (Å²) >= 11 is 0. The summed E-state index contributed by atoms with van der Waals surface area (Å²) in [6.45, 7) is 0.782. The Morgan fingerprint density at radius 2 is 1.90 bits per heavy atom. The topological polar surface area (TPSA) is 73.6 Å². The highest BCUT2D eigenvalue weighted by molar-refractivity contribution is 6.00. The Balaban J connectivity index is 1.85. The number of carbonyl (C=O) groups is 1. The molecule has 0 radical (unpaired) electrons. The van der Waals surface area contributed by atoms with Gasteiger partial charge >= 0.3 is 0 Å². The van der Waals surface area contributed by atoms with E-state index in [0.29, 0.717) is 30.2 Å². The van der Waals surface area contributed by atoms with Crippen molar-refractivity contribution in [2.45, 2.75) is 0 Å². The van der Waals surface area contributed by atoms with Crippen molar-refractivity contribution >= 4 is 11.6 Å². The SMILES string of the molecule is COc1cccc(C(=O)NCCOc2ccccc2)c1N. The van der Waals surface area contributed by atoms with Crippen molar-refractivity contribution in [2.24, 2.45) is 0 Å². The number of methoxy groups -OCH3 is 1. The number of benzene rings is 2. The van der Waals surface area contributed by atoms with Gasteiger partial charge in [0.1, 0.15) is 18.1 Å². The first-order chi connectivity index (χ1) is 10.2. The van der Waals surface area contributed by atoms with Gasteiger partial charge in [-0.05, 0) is 24.3 Å². The van der Waals surface area contributed by atoms with Gasteiger partial charge in [0, 0.05) is 0 Å². The number of anilines is 1. The minimum atomic E-state index is -0.247. The van der Waals surface area contributed by atoms with Gasteiger partial charge in [0.2, 0.25) is 0 Å². The minimum absolute atomic E-state index is 0.247. The summed E-state index contributed by atoms with van der Waals surface area (Å²) in [4.78, 5) is 12.0. The van der Waals surface area contributed by atoms with Crippen LogP contribution in [-0.2, 0) is 0 Å². The van der Waals surface area contributed by atoms with Gasteiger partial charge in [0.05, 0.1) is 24.9 Å². The monoisotopic (exact) mass is 286 g/mol. The molecule has 0 saturated heterocycles. The Morgan fingerprint density at radius 1 is 1.14 bits per heavy atom. The van der Waals surface area contributed by atoms with E-state index in [-0.39, 0.29) is 5.91 Å². The molecule has 21 heavy (non-hydrogen) atoms. The fraction of sp³-hybridized carbons (Fsp3) is 0.188. The lowest BCUT2D eigenvalue weighted by Crippen LogP contribution is -2.28. The second kappa shape index (κ2) is 7.19. The molecule has 0 aliphatic heterocycles. The van der Waals surface area contributed by atoms with Crippen molar-refractivity contribution < 1.29 is 14.3 Å². The number of hydrogen-bond acceptors (Lipinski definition) is 4. The zero-order valence-electron chi connectivity index (χ0n) is 11.8. The third-order valence-corrected chi connectivity index (χ3v) is 2.93. The van der Waals surface area contributed by atoms with Gasteiger partial charge in [-0.3, -0.25) is 4.79 Å². The first kappa shape index (κ1) is 14.7. The largest absolute Gasteiger partial charge is 0.495 e. The molecule has 0 aliphatic rings. The van der Waals surface area contributed by atoms with E-state index in [1.165, 1.54) is 7.11 Å². The van der Waals surface area contributed by atoms with E-state index in [9.17, 15) is 4.79 Å². The van der Waals surface area contributed by atoms with E-state index in [4.69, 9.17) is 15.2 Å². The van der Waals surface area contributed by atoms with Gasteiger partial charge in [0.25, 0.3) is 5.91 Å². The van der Waals surface area contributed by atoms with Crippen LogP contribution in [0.4, 0.5) is 5.69 Å². The van der Waals surface area contributed by atoms with Crippen molar-refractivity contribution in [1.82, 2.24) is 5.32 Å². The lowest BCUT2D eigenvalue weighted by Gasteiger charge is -2.11. The number of carbonyl (C=O) groups excluding carboxylic acids is 1. The van der Waals surface area contributed by atoms with Gasteiger partial charge in [-0.1, -0.05) is 24.3 Å². The van der Waals surface area contributed by atoms with E-state index in [0.717, 1.165) is 5.75 Å². The van der Waals surface area contributed by atoms with Crippen LogP contribution < -0.4 is 20.5 Å². The second-order valence-electron chi connectivity index (χ2n) is 4.34. The predicted molar refractivity (Wildman–Crippen MR) is 81.7 cm³/mol. The molecule has 3 N–H and O–H groups in total. The Kier molecular flexibility index (Phi) is 5.04. The molecule has 0 bridgehead atoms. The number of nitrogens with two attached hydrogens (primary N) is 1. The quantitative estimate of drug-likeness (QED) is 0.630. The third kappa shape index (κ3) is 3.89. The standard InChI is InChI=1S/C16H18N2O3/c1-20-14-9-5-8-13(15(14)17)16(19)18-10-11-21-12-6-3-2-4-7-12/h2-9H,10-11,17H2,1H3,(H,18,19). The van der Waals surface area contributed by atoms with Crippen LogP contribution in [0.5, 0.6) is 11.5 Å². The first-order valence-corrected chi connectivity index (χ1v) is 6.61. The van der Waals surface area contributed by atoms with E-state index in [1.54, 1.807) is 18.2 Å². The van der Waals surface area contributed by atoms with Gasteiger partial charge < -0.3 is 20.5 Å². The van der Waals surface area contributed by atoms with E-state index in [1.807, 2.05) is 30.3 Å². The molecule has 2 rings (SSSR count). The maximum absolute atomic E-state index is 12.0. The molecule has 0 saturated carbocycles. The summed E-state index contributed by atoms with van der Waals surface area (Å²) in [6.07, 6.45) is 0. The van der Waals surface area contributed by atoms with E-state index >= 15 is 0 Å². The Morgan fingerprint density at radius 3 is 2.62 bits per heavy atom. The molecule has 110 valence electrons. The summed E-state index contributed by atoms with van der Waals surface area (Å²) in [5, 5.41) is 2.76. The Bertz CT molecular complexity index is 600. The number of nitrogens with one attached hydrogen (secondary N) is 1. The summed E-state index contributed by atoms with van der Waals surface area (Å²) in [5.74, 6) is 1.01. The minimum Gasteiger partial charge on any atom is -0.495 e. The molecule has 2 aromatic carbocycles. The molecule has 0 aromatic heterocycles. The highest BCUT2D eigenvalue weighted by Crippen LogP contribution is 2.24. The fourth-order valence-corrected chi connectivity index (χ4v) is 1.87. The highest BCUT2D eigenvalue weighted by Gasteiger charge is 2.12. The smallest absolute Gasteiger partial charge is 0.253 e. The number of ether oxygens (including phenoxy) is 2. The summed E-state index contributed by atoms with van der Waals surface area (Å²) < 4.78 is 10.6. The zero-order valence-corrected chi connectivity index (χ0v) is 11.8. The van der Waals surface area contributed by atoms with Crippen LogP contribution in [-0.4, -0.2) is 26.2 Å². The van der Waals surface area contributed by atoms with Crippen LogP contribution in [0.3, 0.4) is 0 Å². The molecule has 0 fully saturated rings. The first-order valence-electron chi connectivity index (χ1n) is 6.61. The molecule has 5 nitrogen and oxygen atoms in total. The van der Waals surface area contributed by atoms with Gasteiger partial charge in [-0.2, -0.15) is 0 Å². The number of hydrogen-bond donors (Lipinski definition) is 2. The van der Waals surface area contributed by atoms with Crippen molar-refractivity contribution in [1.29, 1.82) is 0 Å². The highest BCUT2D eigenvalue weighted by atomic mass is 16.5. The number of nitrogen functional groups attached to an aromatic ring is 1. The van der Waals surface area contributed by atoms with Crippen molar-refractivity contribution in [3.8, 4) is 11.5 Å². The van der Waals surface area contributed by atoms with Gasteiger partial charge in [-0.25, -0.2) is 0 Å². The summed E-state index contributed by atoms with van der Waals surface area (Å²) in [7, 11) is 1.51. The Labute approximate surface area is 123 Å². The van der Waals surface area contributed by atoms with Crippen molar-refractivity contribution in [2.75, 3.05) is 26.0 Å². The second-order valence-corrected chi connectivity index (χ2v) is 4.34. The number of para-hydroxylation sites is 2. The normalized spacial score (nSPS) is 9.95. The molecular weight excluding hydrogens is 268 g/mol. The Hall–Kier alpha value is -2.69. The molecule has 0 spiro atoms. The lowest BCUT2D eigenvalue weighted by molar-refractivity contribution is 0.0947. The number of amides is 1. The van der Waals surface area contributed by atoms with Gasteiger partial charge in [0.15, 0.2) is 0 Å². The zero-order chi connectivity index (χ0) is 15.1. The summed E-state index contributed by atoms with van der Waals surface area (Å²) in [5.41, 5.74) is 6.60. The molecular formula is C16H18N2O3. The maximum atomic E-state index is 12.0. The molecule has 0 atom stereocenters. The molecule has 0 aliphatic carbocycles.